The van der Waals surface area contributed by atoms with Crippen LogP contribution >= 0.6 is 0 Å². The number of hydrogen-bond donors (Lipinski definition) is 1. The molecule has 1 N–H and O–H groups in total. The van der Waals surface area contributed by atoms with Gasteiger partial charge in [-0.25, -0.2) is 4.98 Å². The molecule has 45 heavy (non-hydrogen) atoms. The first-order valence-corrected chi connectivity index (χ1v) is 14.8. The first-order valence-electron chi connectivity index (χ1n) is 14.8. The molecule has 2 aromatic heterocycles. The van der Waals surface area contributed by atoms with E-state index in [1.54, 1.807) is 6.07 Å². The van der Waals surface area contributed by atoms with Crippen molar-refractivity contribution in [2.24, 2.45) is 0 Å². The van der Waals surface area contributed by atoms with Gasteiger partial charge in [-0.05, 0) is 46.3 Å². The molecule has 0 aliphatic heterocycles. The van der Waals surface area contributed by atoms with Gasteiger partial charge in [-0.2, -0.15) is 0 Å². The fraction of sp³-hybridized carbons (Fsp3) is 0.128. The maximum absolute atomic E-state index is 10.9. The Morgan fingerprint density at radius 2 is 1.51 bits per heavy atom. The number of phenolic OH excluding ortho intramolecular Hbond substituents is 1. The van der Waals surface area contributed by atoms with E-state index in [1.807, 2.05) is 50.6 Å². The van der Waals surface area contributed by atoms with E-state index in [1.165, 1.54) is 0 Å². The number of aromatic hydroxyl groups is 1. The van der Waals surface area contributed by atoms with Crippen LogP contribution in [0.5, 0.6) is 5.75 Å². The molecule has 0 atom stereocenters. The molecule has 0 saturated heterocycles. The van der Waals surface area contributed by atoms with Crippen LogP contribution in [-0.2, 0) is 26.5 Å². The Hall–Kier alpha value is -4.73. The van der Waals surface area contributed by atoms with Gasteiger partial charge in [-0.15, -0.1) is 29.8 Å². The van der Waals surface area contributed by atoms with Gasteiger partial charge in [0.05, 0.1) is 11.4 Å². The molecule has 1 aliphatic carbocycles. The van der Waals surface area contributed by atoms with E-state index in [2.05, 4.69) is 109 Å². The Kier molecular flexibility index (Phi) is 8.07. The van der Waals surface area contributed by atoms with E-state index >= 15 is 0 Å². The second-order valence-electron chi connectivity index (χ2n) is 11.9. The normalized spacial score (nSPS) is 12.5. The summed E-state index contributed by atoms with van der Waals surface area (Å²) in [5.74, 6) is 1.04. The molecule has 0 unspecified atom stereocenters. The van der Waals surface area contributed by atoms with E-state index in [4.69, 9.17) is 9.97 Å². The Morgan fingerprint density at radius 3 is 2.31 bits per heavy atom. The molecule has 5 nitrogen and oxygen atoms in total. The van der Waals surface area contributed by atoms with Gasteiger partial charge in [-0.3, -0.25) is 4.98 Å². The van der Waals surface area contributed by atoms with Crippen molar-refractivity contribution in [3.8, 4) is 39.4 Å². The Morgan fingerprint density at radius 1 is 0.756 bits per heavy atom. The molecule has 0 amide bonds. The molecule has 226 valence electrons. The van der Waals surface area contributed by atoms with Gasteiger partial charge in [-0.1, -0.05) is 86.6 Å². The molecule has 2 heterocycles. The van der Waals surface area contributed by atoms with Crippen LogP contribution in [0.1, 0.15) is 25.0 Å². The number of anilines is 4. The number of hydrogen-bond acceptors (Lipinski definition) is 5. The van der Waals surface area contributed by atoms with E-state index in [-0.39, 0.29) is 32.2 Å². The molecular formula is C39H33N4OPt-. The van der Waals surface area contributed by atoms with Gasteiger partial charge in [0.1, 0.15) is 11.6 Å². The number of benzene rings is 4. The number of para-hydroxylation sites is 1. The molecule has 6 heteroatoms. The monoisotopic (exact) mass is 768 g/mol. The second-order valence-corrected chi connectivity index (χ2v) is 11.9. The summed E-state index contributed by atoms with van der Waals surface area (Å²) in [6, 6.07) is 42.7. The summed E-state index contributed by atoms with van der Waals surface area (Å²) in [6.45, 7) is 4.37. The molecule has 4 aromatic carbocycles. The number of nitrogens with zero attached hydrogens (tertiary/aromatic N) is 4. The standard InChI is InChI=1S/C39H33N4O.Pt/c1-39(2)31-17-11-19-35(44)37(31)38-32(39)20-21-33(41-38)27-14-10-15-29(24-27)43(36-25-28(42(3)4)22-23-40-36)34-18-9-8-16-30(34)26-12-6-5-7-13-26;/h5-23,25,44H,1-4H3;/q-1;. The average molecular weight is 769 g/mol. The zero-order valence-electron chi connectivity index (χ0n) is 25.6. The molecule has 1 aliphatic rings. The van der Waals surface area contributed by atoms with Crippen LogP contribution in [0.25, 0.3) is 33.6 Å². The van der Waals surface area contributed by atoms with Crippen LogP contribution in [0.4, 0.5) is 22.9 Å². The largest absolute Gasteiger partial charge is 0.507 e. The Bertz CT molecular complexity index is 2010. The van der Waals surface area contributed by atoms with Gasteiger partial charge in [0.15, 0.2) is 0 Å². The van der Waals surface area contributed by atoms with Crippen LogP contribution in [0, 0.1) is 6.07 Å². The minimum Gasteiger partial charge on any atom is -0.507 e. The maximum atomic E-state index is 10.9. The van der Waals surface area contributed by atoms with Crippen molar-refractivity contribution < 1.29 is 26.2 Å². The van der Waals surface area contributed by atoms with Crippen molar-refractivity contribution in [3.63, 3.8) is 0 Å². The molecule has 0 saturated carbocycles. The van der Waals surface area contributed by atoms with Gasteiger partial charge in [0.25, 0.3) is 0 Å². The van der Waals surface area contributed by atoms with E-state index in [0.29, 0.717) is 0 Å². The van der Waals surface area contributed by atoms with Crippen LogP contribution in [0.15, 0.2) is 121 Å². The van der Waals surface area contributed by atoms with Gasteiger partial charge < -0.3 is 14.9 Å². The fourth-order valence-electron chi connectivity index (χ4n) is 6.21. The van der Waals surface area contributed by atoms with E-state index in [0.717, 1.165) is 67.6 Å². The summed E-state index contributed by atoms with van der Waals surface area (Å²) in [4.78, 5) is 14.2. The zero-order valence-corrected chi connectivity index (χ0v) is 27.9. The molecule has 0 spiro atoms. The predicted molar refractivity (Wildman–Crippen MR) is 180 cm³/mol. The van der Waals surface area contributed by atoms with Gasteiger partial charge in [0, 0.05) is 69.7 Å². The van der Waals surface area contributed by atoms with Crippen LogP contribution in [0.3, 0.4) is 0 Å². The van der Waals surface area contributed by atoms with Crippen LogP contribution in [-0.4, -0.2) is 29.2 Å². The summed E-state index contributed by atoms with van der Waals surface area (Å²) in [5.41, 5.74) is 10.3. The summed E-state index contributed by atoms with van der Waals surface area (Å²) in [5, 5.41) is 10.9. The Balaban J connectivity index is 0.00000357. The SMILES string of the molecule is CN(C)c1ccnc(N(c2[c-]c(-c3ccc4c(n3)-c3c(O)cccc3C4(C)C)ccc2)c2ccccc2-c2ccccc2)c1.[Pt]. The predicted octanol–water partition coefficient (Wildman–Crippen LogP) is 9.16. The number of pyridine rings is 2. The molecule has 7 rings (SSSR count). The number of rotatable bonds is 6. The van der Waals surface area contributed by atoms with Crippen molar-refractivity contribution in [3.05, 3.63) is 139 Å². The van der Waals surface area contributed by atoms with Crippen molar-refractivity contribution in [1.29, 1.82) is 0 Å². The molecule has 6 aromatic rings. The smallest absolute Gasteiger partial charge is 0.138 e. The summed E-state index contributed by atoms with van der Waals surface area (Å²) in [6.07, 6.45) is 1.85. The minimum atomic E-state index is -0.248. The van der Waals surface area contributed by atoms with Crippen LogP contribution in [0.2, 0.25) is 0 Å². The van der Waals surface area contributed by atoms with Gasteiger partial charge in [0.2, 0.25) is 0 Å². The summed E-state index contributed by atoms with van der Waals surface area (Å²) >= 11 is 0. The fourth-order valence-corrected chi connectivity index (χ4v) is 6.21. The third-order valence-corrected chi connectivity index (χ3v) is 8.52. The first kappa shape index (κ1) is 30.3. The number of fused-ring (bicyclic) bond motifs is 3. The molecule has 0 bridgehead atoms. The quantitative estimate of drug-likeness (QED) is 0.172. The zero-order chi connectivity index (χ0) is 30.4. The first-order chi connectivity index (χ1) is 21.3. The maximum Gasteiger partial charge on any atom is 0.138 e. The van der Waals surface area contributed by atoms with Crippen molar-refractivity contribution in [2.45, 2.75) is 19.3 Å². The molecular weight excluding hydrogens is 736 g/mol. The third-order valence-electron chi connectivity index (χ3n) is 8.52. The minimum absolute atomic E-state index is 0. The van der Waals surface area contributed by atoms with Crippen molar-refractivity contribution in [1.82, 2.24) is 9.97 Å². The number of phenols is 1. The summed E-state index contributed by atoms with van der Waals surface area (Å²) in [7, 11) is 4.07. The molecule has 0 fully saturated rings. The van der Waals surface area contributed by atoms with Crippen LogP contribution < -0.4 is 9.80 Å². The summed E-state index contributed by atoms with van der Waals surface area (Å²) < 4.78 is 0. The second kappa shape index (κ2) is 12.0. The van der Waals surface area contributed by atoms with E-state index < -0.39 is 0 Å². The van der Waals surface area contributed by atoms with Gasteiger partial charge >= 0.3 is 0 Å². The van der Waals surface area contributed by atoms with Crippen molar-refractivity contribution in [2.75, 3.05) is 23.9 Å². The van der Waals surface area contributed by atoms with E-state index in [9.17, 15) is 5.11 Å². The number of aromatic nitrogens is 2. The topological polar surface area (TPSA) is 52.5 Å². The average Bonchev–Trinajstić information content (AvgIpc) is 3.29. The van der Waals surface area contributed by atoms with Crippen molar-refractivity contribution >= 4 is 22.9 Å². The molecule has 0 radical (unpaired) electrons. The Labute approximate surface area is 279 Å². The third kappa shape index (κ3) is 5.32.